The number of hydrogen-bond donors (Lipinski definition) is 1. The molecule has 4 nitrogen and oxygen atoms in total. The Balaban J connectivity index is 2.00. The van der Waals surface area contributed by atoms with Crippen LogP contribution in [-0.2, 0) is 0 Å². The topological polar surface area (TPSA) is 64.9 Å². The zero-order chi connectivity index (χ0) is 13.2. The van der Waals surface area contributed by atoms with E-state index in [0.717, 1.165) is 11.1 Å². The summed E-state index contributed by atoms with van der Waals surface area (Å²) in [5, 5.41) is 4.53. The molecule has 0 atom stereocenters. The van der Waals surface area contributed by atoms with Crippen molar-refractivity contribution >= 4 is 17.3 Å². The summed E-state index contributed by atoms with van der Waals surface area (Å²) in [6.45, 7) is 0. The van der Waals surface area contributed by atoms with Gasteiger partial charge in [0.15, 0.2) is 0 Å². The Hall–Kier alpha value is -2.33. The molecule has 3 aromatic rings. The number of aromatic nitrogens is 2. The van der Waals surface area contributed by atoms with Crippen LogP contribution in [0.4, 0.5) is 5.69 Å². The van der Waals surface area contributed by atoms with Gasteiger partial charge in [-0.05, 0) is 36.4 Å². The first kappa shape index (κ1) is 11.7. The van der Waals surface area contributed by atoms with Crippen LogP contribution in [0.2, 0.25) is 5.02 Å². The minimum atomic E-state index is 0.400. The number of nitrogens with two attached hydrogens (primary N) is 1. The lowest BCUT2D eigenvalue weighted by Gasteiger charge is -1.96. The second-order valence-electron chi connectivity index (χ2n) is 4.02. The molecule has 19 heavy (non-hydrogen) atoms. The van der Waals surface area contributed by atoms with Crippen molar-refractivity contribution in [2.45, 2.75) is 0 Å². The molecule has 0 fully saturated rings. The van der Waals surface area contributed by atoms with Crippen molar-refractivity contribution in [3.63, 3.8) is 0 Å². The Kier molecular flexibility index (Phi) is 2.93. The molecule has 0 aliphatic rings. The number of rotatable bonds is 2. The van der Waals surface area contributed by atoms with Crippen molar-refractivity contribution in [3.8, 4) is 22.8 Å². The zero-order valence-electron chi connectivity index (χ0n) is 9.88. The highest BCUT2D eigenvalue weighted by Crippen LogP contribution is 2.28. The molecule has 0 aliphatic carbocycles. The van der Waals surface area contributed by atoms with Crippen molar-refractivity contribution in [3.05, 3.63) is 53.6 Å². The van der Waals surface area contributed by atoms with Gasteiger partial charge in [-0.25, -0.2) is 0 Å². The molecule has 0 spiro atoms. The van der Waals surface area contributed by atoms with Gasteiger partial charge >= 0.3 is 0 Å². The van der Waals surface area contributed by atoms with Crippen molar-refractivity contribution < 1.29 is 4.52 Å². The summed E-state index contributed by atoms with van der Waals surface area (Å²) >= 11 is 6.09. The predicted octanol–water partition coefficient (Wildman–Crippen LogP) is 3.64. The SMILES string of the molecule is Nc1ccc(-c2noc(-c3ccccc3Cl)n2)cc1. The average Bonchev–Trinajstić information content (AvgIpc) is 2.89. The third-order valence-electron chi connectivity index (χ3n) is 2.70. The number of nitrogens with zero attached hydrogens (tertiary/aromatic N) is 2. The van der Waals surface area contributed by atoms with Crippen LogP contribution < -0.4 is 5.73 Å². The van der Waals surface area contributed by atoms with E-state index in [1.807, 2.05) is 30.3 Å². The Morgan fingerprint density at radius 1 is 1.00 bits per heavy atom. The van der Waals surface area contributed by atoms with E-state index in [4.69, 9.17) is 21.9 Å². The van der Waals surface area contributed by atoms with Gasteiger partial charge in [0.2, 0.25) is 5.82 Å². The molecule has 94 valence electrons. The lowest BCUT2D eigenvalue weighted by Crippen LogP contribution is -1.85. The van der Waals surface area contributed by atoms with Crippen molar-refractivity contribution in [1.29, 1.82) is 0 Å². The van der Waals surface area contributed by atoms with Crippen LogP contribution in [0.15, 0.2) is 53.1 Å². The zero-order valence-corrected chi connectivity index (χ0v) is 10.6. The Morgan fingerprint density at radius 3 is 2.47 bits per heavy atom. The summed E-state index contributed by atoms with van der Waals surface area (Å²) in [6.07, 6.45) is 0. The molecule has 0 saturated heterocycles. The molecule has 2 N–H and O–H groups in total. The maximum absolute atomic E-state index is 6.09. The average molecular weight is 272 g/mol. The van der Waals surface area contributed by atoms with Crippen molar-refractivity contribution in [2.75, 3.05) is 5.73 Å². The fraction of sp³-hybridized carbons (Fsp3) is 0. The molecule has 0 bridgehead atoms. The molecule has 3 rings (SSSR count). The highest BCUT2D eigenvalue weighted by Gasteiger charge is 2.12. The fourth-order valence-electron chi connectivity index (χ4n) is 1.72. The Bertz CT molecular complexity index is 707. The van der Waals surface area contributed by atoms with E-state index < -0.39 is 0 Å². The highest BCUT2D eigenvalue weighted by atomic mass is 35.5. The van der Waals surface area contributed by atoms with Gasteiger partial charge in [0.05, 0.1) is 10.6 Å². The summed E-state index contributed by atoms with van der Waals surface area (Å²) in [7, 11) is 0. The maximum Gasteiger partial charge on any atom is 0.259 e. The first-order chi connectivity index (χ1) is 9.24. The maximum atomic E-state index is 6.09. The van der Waals surface area contributed by atoms with Gasteiger partial charge in [0.25, 0.3) is 5.89 Å². The lowest BCUT2D eigenvalue weighted by molar-refractivity contribution is 0.432. The van der Waals surface area contributed by atoms with E-state index >= 15 is 0 Å². The summed E-state index contributed by atoms with van der Waals surface area (Å²) in [6, 6.07) is 14.6. The van der Waals surface area contributed by atoms with Gasteiger partial charge in [-0.1, -0.05) is 28.9 Å². The molecule has 0 unspecified atom stereocenters. The van der Waals surface area contributed by atoms with Crippen LogP contribution in [0, 0.1) is 0 Å². The molecule has 1 aromatic heterocycles. The lowest BCUT2D eigenvalue weighted by atomic mass is 10.2. The van der Waals surface area contributed by atoms with Crippen LogP contribution in [-0.4, -0.2) is 10.1 Å². The van der Waals surface area contributed by atoms with Gasteiger partial charge < -0.3 is 10.3 Å². The van der Waals surface area contributed by atoms with Gasteiger partial charge in [-0.15, -0.1) is 0 Å². The minimum absolute atomic E-state index is 0.400. The summed E-state index contributed by atoms with van der Waals surface area (Å²) in [5.41, 5.74) is 7.90. The third kappa shape index (κ3) is 2.30. The van der Waals surface area contributed by atoms with Crippen molar-refractivity contribution in [1.82, 2.24) is 10.1 Å². The van der Waals surface area contributed by atoms with Gasteiger partial charge in [0.1, 0.15) is 0 Å². The van der Waals surface area contributed by atoms with Crippen LogP contribution in [0.1, 0.15) is 0 Å². The van der Waals surface area contributed by atoms with Crippen molar-refractivity contribution in [2.24, 2.45) is 0 Å². The monoisotopic (exact) mass is 271 g/mol. The van der Waals surface area contributed by atoms with E-state index in [-0.39, 0.29) is 0 Å². The van der Waals surface area contributed by atoms with Gasteiger partial charge in [-0.3, -0.25) is 0 Å². The molecule has 1 heterocycles. The molecular weight excluding hydrogens is 262 g/mol. The molecular formula is C14H10ClN3O. The molecule has 0 radical (unpaired) electrons. The van der Waals surface area contributed by atoms with E-state index in [9.17, 15) is 0 Å². The molecule has 5 heteroatoms. The predicted molar refractivity (Wildman–Crippen MR) is 74.6 cm³/mol. The van der Waals surface area contributed by atoms with E-state index in [1.165, 1.54) is 0 Å². The molecule has 0 amide bonds. The normalized spacial score (nSPS) is 10.6. The first-order valence-corrected chi connectivity index (χ1v) is 6.06. The van der Waals surface area contributed by atoms with Crippen LogP contribution in [0.25, 0.3) is 22.8 Å². The number of benzene rings is 2. The third-order valence-corrected chi connectivity index (χ3v) is 3.03. The van der Waals surface area contributed by atoms with Crippen LogP contribution in [0.3, 0.4) is 0 Å². The largest absolute Gasteiger partial charge is 0.399 e. The Labute approximate surface area is 114 Å². The summed E-state index contributed by atoms with van der Waals surface area (Å²) in [4.78, 5) is 4.34. The second-order valence-corrected chi connectivity index (χ2v) is 4.43. The fourth-order valence-corrected chi connectivity index (χ4v) is 1.93. The minimum Gasteiger partial charge on any atom is -0.399 e. The number of anilines is 1. The Morgan fingerprint density at radius 2 is 1.74 bits per heavy atom. The molecule has 0 saturated carbocycles. The van der Waals surface area contributed by atoms with E-state index in [1.54, 1.807) is 18.2 Å². The van der Waals surface area contributed by atoms with E-state index in [0.29, 0.717) is 22.4 Å². The standard InChI is InChI=1S/C14H10ClN3O/c15-12-4-2-1-3-11(12)14-17-13(18-19-14)9-5-7-10(16)8-6-9/h1-8H,16H2. The van der Waals surface area contributed by atoms with Crippen LogP contribution >= 0.6 is 11.6 Å². The quantitative estimate of drug-likeness (QED) is 0.723. The second kappa shape index (κ2) is 4.74. The summed E-state index contributed by atoms with van der Waals surface area (Å²) < 4.78 is 5.24. The smallest absolute Gasteiger partial charge is 0.259 e. The molecule has 0 aliphatic heterocycles. The number of hydrogen-bond acceptors (Lipinski definition) is 4. The van der Waals surface area contributed by atoms with E-state index in [2.05, 4.69) is 10.1 Å². The summed E-state index contributed by atoms with van der Waals surface area (Å²) in [5.74, 6) is 0.910. The van der Waals surface area contributed by atoms with Gasteiger partial charge in [-0.2, -0.15) is 4.98 Å². The van der Waals surface area contributed by atoms with Gasteiger partial charge in [0, 0.05) is 11.3 Å². The number of halogens is 1. The number of nitrogen functional groups attached to an aromatic ring is 1. The van der Waals surface area contributed by atoms with Crippen LogP contribution in [0.5, 0.6) is 0 Å². The highest BCUT2D eigenvalue weighted by molar-refractivity contribution is 6.33. The first-order valence-electron chi connectivity index (χ1n) is 5.68. The molecule has 2 aromatic carbocycles.